The molecule has 0 aliphatic carbocycles. The van der Waals surface area contributed by atoms with Gasteiger partial charge in [-0.2, -0.15) is 0 Å². The summed E-state index contributed by atoms with van der Waals surface area (Å²) in [6.45, 7) is 0. The molecule has 0 saturated heterocycles. The summed E-state index contributed by atoms with van der Waals surface area (Å²) in [6.07, 6.45) is 8.34. The summed E-state index contributed by atoms with van der Waals surface area (Å²) < 4.78 is 5.06. The third-order valence-electron chi connectivity index (χ3n) is 2.15. The van der Waals surface area contributed by atoms with Gasteiger partial charge in [0.25, 0.3) is 0 Å². The van der Waals surface area contributed by atoms with E-state index in [1.807, 2.05) is 6.07 Å². The minimum absolute atomic E-state index is 0.478. The van der Waals surface area contributed by atoms with Gasteiger partial charge >= 0.3 is 0 Å². The predicted molar refractivity (Wildman–Crippen MR) is 58.4 cm³/mol. The van der Waals surface area contributed by atoms with Gasteiger partial charge in [0.15, 0.2) is 0 Å². The van der Waals surface area contributed by atoms with Crippen LogP contribution in [0.3, 0.4) is 0 Å². The first-order chi connectivity index (χ1) is 7.29. The highest BCUT2D eigenvalue weighted by Crippen LogP contribution is 2.25. The fourth-order valence-electron chi connectivity index (χ4n) is 1.38. The number of aliphatic hydroxyl groups is 1. The molecule has 0 aliphatic rings. The van der Waals surface area contributed by atoms with Crippen molar-refractivity contribution in [2.24, 2.45) is 0 Å². The highest BCUT2D eigenvalue weighted by molar-refractivity contribution is 5.27. The van der Waals surface area contributed by atoms with Gasteiger partial charge in [0.1, 0.15) is 0 Å². The molecule has 3 nitrogen and oxygen atoms in total. The summed E-state index contributed by atoms with van der Waals surface area (Å²) in [5, 5.41) is 9.87. The molecule has 80 valence electrons. The average Bonchev–Trinajstić information content (AvgIpc) is 2.29. The number of methoxy groups -OCH3 is 1. The van der Waals surface area contributed by atoms with E-state index in [9.17, 15) is 5.11 Å². The third-order valence-corrected chi connectivity index (χ3v) is 2.15. The second kappa shape index (κ2) is 6.05. The molecule has 1 rings (SSSR count). The summed E-state index contributed by atoms with van der Waals surface area (Å²) in [7, 11) is 1.54. The number of terminal acetylenes is 1. The summed E-state index contributed by atoms with van der Waals surface area (Å²) >= 11 is 0. The van der Waals surface area contributed by atoms with Crippen molar-refractivity contribution >= 4 is 0 Å². The lowest BCUT2D eigenvalue weighted by atomic mass is 10.1. The van der Waals surface area contributed by atoms with Gasteiger partial charge in [-0.25, -0.2) is 4.98 Å². The Morgan fingerprint density at radius 3 is 3.13 bits per heavy atom. The molecule has 0 fully saturated rings. The van der Waals surface area contributed by atoms with Gasteiger partial charge < -0.3 is 9.84 Å². The molecule has 1 heterocycles. The summed E-state index contributed by atoms with van der Waals surface area (Å²) in [5.74, 6) is 3.02. The Bertz CT molecular complexity index is 344. The van der Waals surface area contributed by atoms with E-state index in [4.69, 9.17) is 11.2 Å². The number of unbranched alkanes of at least 4 members (excludes halogenated alkanes) is 1. The molecule has 0 spiro atoms. The van der Waals surface area contributed by atoms with Crippen LogP contribution in [0.4, 0.5) is 0 Å². The van der Waals surface area contributed by atoms with Crippen molar-refractivity contribution in [3.8, 4) is 18.2 Å². The number of nitrogens with zero attached hydrogens (tertiary/aromatic N) is 1. The van der Waals surface area contributed by atoms with Gasteiger partial charge in [-0.1, -0.05) is 0 Å². The predicted octanol–water partition coefficient (Wildman–Crippen LogP) is 1.93. The molecule has 0 saturated carbocycles. The summed E-state index contributed by atoms with van der Waals surface area (Å²) in [4.78, 5) is 4.02. The zero-order chi connectivity index (χ0) is 11.1. The van der Waals surface area contributed by atoms with E-state index in [0.717, 1.165) is 12.0 Å². The summed E-state index contributed by atoms with van der Waals surface area (Å²) in [5.41, 5.74) is 0.719. The molecule has 15 heavy (non-hydrogen) atoms. The van der Waals surface area contributed by atoms with Crippen LogP contribution in [-0.2, 0) is 0 Å². The van der Waals surface area contributed by atoms with E-state index in [1.54, 1.807) is 19.4 Å². The molecule has 0 amide bonds. The average molecular weight is 205 g/mol. The smallest absolute Gasteiger partial charge is 0.218 e. The lowest BCUT2D eigenvalue weighted by molar-refractivity contribution is 0.160. The SMILES string of the molecule is C#CCCCC(O)c1cccnc1OC. The third kappa shape index (κ3) is 3.26. The van der Waals surface area contributed by atoms with Crippen molar-refractivity contribution < 1.29 is 9.84 Å². The van der Waals surface area contributed by atoms with E-state index in [1.165, 1.54) is 0 Å². The Labute approximate surface area is 90.1 Å². The van der Waals surface area contributed by atoms with Crippen LogP contribution >= 0.6 is 0 Å². The van der Waals surface area contributed by atoms with Gasteiger partial charge in [-0.05, 0) is 25.0 Å². The molecule has 0 bridgehead atoms. The number of ether oxygens (including phenoxy) is 1. The van der Waals surface area contributed by atoms with Gasteiger partial charge in [-0.3, -0.25) is 0 Å². The van der Waals surface area contributed by atoms with Crippen LogP contribution in [0.25, 0.3) is 0 Å². The van der Waals surface area contributed by atoms with Crippen LogP contribution < -0.4 is 4.74 Å². The number of aromatic nitrogens is 1. The highest BCUT2D eigenvalue weighted by atomic mass is 16.5. The minimum Gasteiger partial charge on any atom is -0.481 e. The molecule has 1 unspecified atom stereocenters. The molecule has 0 radical (unpaired) electrons. The molecule has 1 aromatic heterocycles. The molecule has 1 N–H and O–H groups in total. The van der Waals surface area contributed by atoms with Gasteiger partial charge in [0, 0.05) is 18.2 Å². The van der Waals surface area contributed by atoms with E-state index < -0.39 is 6.10 Å². The van der Waals surface area contributed by atoms with E-state index in [-0.39, 0.29) is 0 Å². The molecule has 1 atom stereocenters. The van der Waals surface area contributed by atoms with Crippen LogP contribution in [0.15, 0.2) is 18.3 Å². The second-order valence-electron chi connectivity index (χ2n) is 3.21. The van der Waals surface area contributed by atoms with E-state index >= 15 is 0 Å². The van der Waals surface area contributed by atoms with Crippen LogP contribution in [0.1, 0.15) is 30.9 Å². The number of aliphatic hydroxyl groups excluding tert-OH is 1. The maximum atomic E-state index is 9.87. The Kier molecular flexibility index (Phi) is 4.65. The lowest BCUT2D eigenvalue weighted by Crippen LogP contribution is -2.01. The Morgan fingerprint density at radius 2 is 2.47 bits per heavy atom. The van der Waals surface area contributed by atoms with Crippen LogP contribution in [0.5, 0.6) is 5.88 Å². The zero-order valence-corrected chi connectivity index (χ0v) is 8.81. The largest absolute Gasteiger partial charge is 0.481 e. The highest BCUT2D eigenvalue weighted by Gasteiger charge is 2.12. The Balaban J connectivity index is 2.64. The van der Waals surface area contributed by atoms with Crippen LogP contribution in [0, 0.1) is 12.3 Å². The van der Waals surface area contributed by atoms with Crippen molar-refractivity contribution in [2.75, 3.05) is 7.11 Å². The van der Waals surface area contributed by atoms with Gasteiger partial charge in [-0.15, -0.1) is 12.3 Å². The first kappa shape index (κ1) is 11.5. The first-order valence-electron chi connectivity index (χ1n) is 4.90. The monoisotopic (exact) mass is 205 g/mol. The quantitative estimate of drug-likeness (QED) is 0.590. The molecule has 0 aromatic carbocycles. The molecule has 1 aromatic rings. The Hall–Kier alpha value is -1.53. The Morgan fingerprint density at radius 1 is 1.67 bits per heavy atom. The van der Waals surface area contributed by atoms with Crippen molar-refractivity contribution in [1.82, 2.24) is 4.98 Å². The number of pyridine rings is 1. The van der Waals surface area contributed by atoms with Crippen molar-refractivity contribution in [2.45, 2.75) is 25.4 Å². The zero-order valence-electron chi connectivity index (χ0n) is 8.81. The molecule has 0 aliphatic heterocycles. The lowest BCUT2D eigenvalue weighted by Gasteiger charge is -2.12. The summed E-state index contributed by atoms with van der Waals surface area (Å²) in [6, 6.07) is 3.59. The number of rotatable bonds is 5. The van der Waals surface area contributed by atoms with Crippen molar-refractivity contribution in [3.05, 3.63) is 23.9 Å². The normalized spacial score (nSPS) is 11.8. The fourth-order valence-corrected chi connectivity index (χ4v) is 1.38. The molecular weight excluding hydrogens is 190 g/mol. The minimum atomic E-state index is -0.554. The fraction of sp³-hybridized carbons (Fsp3) is 0.417. The number of hydrogen-bond donors (Lipinski definition) is 1. The van der Waals surface area contributed by atoms with Gasteiger partial charge in [0.2, 0.25) is 5.88 Å². The van der Waals surface area contributed by atoms with Crippen LogP contribution in [0.2, 0.25) is 0 Å². The maximum Gasteiger partial charge on any atom is 0.218 e. The maximum absolute atomic E-state index is 9.87. The molecular formula is C12H15NO2. The standard InChI is InChI=1S/C12H15NO2/c1-3-4-5-8-11(14)10-7-6-9-13-12(10)15-2/h1,6-7,9,11,14H,4-5,8H2,2H3. The topological polar surface area (TPSA) is 42.4 Å². The molecule has 3 heteroatoms. The van der Waals surface area contributed by atoms with Crippen LogP contribution in [-0.4, -0.2) is 17.2 Å². The van der Waals surface area contributed by atoms with E-state index in [0.29, 0.717) is 18.7 Å². The van der Waals surface area contributed by atoms with Crippen molar-refractivity contribution in [3.63, 3.8) is 0 Å². The van der Waals surface area contributed by atoms with Gasteiger partial charge in [0.05, 0.1) is 13.2 Å². The van der Waals surface area contributed by atoms with E-state index in [2.05, 4.69) is 10.9 Å². The number of hydrogen-bond acceptors (Lipinski definition) is 3. The first-order valence-corrected chi connectivity index (χ1v) is 4.90. The second-order valence-corrected chi connectivity index (χ2v) is 3.21. The van der Waals surface area contributed by atoms with Crippen molar-refractivity contribution in [1.29, 1.82) is 0 Å².